The number of aromatic hydroxyl groups is 2. The minimum atomic E-state index is -0.329. The van der Waals surface area contributed by atoms with Crippen LogP contribution in [0.2, 0.25) is 0 Å². The van der Waals surface area contributed by atoms with Crippen molar-refractivity contribution < 1.29 is 10.2 Å². The summed E-state index contributed by atoms with van der Waals surface area (Å²) in [6, 6.07) is 12.0. The van der Waals surface area contributed by atoms with E-state index in [1.54, 1.807) is 12.1 Å². The zero-order valence-corrected chi connectivity index (χ0v) is 11.4. The largest absolute Gasteiger partial charge is 0.507 e. The first kappa shape index (κ1) is 13.8. The molecule has 0 fully saturated rings. The van der Waals surface area contributed by atoms with Gasteiger partial charge >= 0.3 is 0 Å². The maximum Gasteiger partial charge on any atom is 0.124 e. The van der Waals surface area contributed by atoms with E-state index in [9.17, 15) is 15.5 Å². The van der Waals surface area contributed by atoms with Gasteiger partial charge in [-0.1, -0.05) is 18.2 Å². The predicted molar refractivity (Wildman–Crippen MR) is 77.7 cm³/mol. The van der Waals surface area contributed by atoms with Gasteiger partial charge in [-0.25, -0.2) is 0 Å². The highest BCUT2D eigenvalue weighted by atomic mass is 16.3. The van der Waals surface area contributed by atoms with Gasteiger partial charge < -0.3 is 15.5 Å². The Labute approximate surface area is 117 Å². The van der Waals surface area contributed by atoms with Crippen LogP contribution in [0.4, 0.5) is 5.69 Å². The van der Waals surface area contributed by atoms with Gasteiger partial charge in [0.05, 0.1) is 22.9 Å². The summed E-state index contributed by atoms with van der Waals surface area (Å²) in [7, 11) is 0. The molecule has 0 radical (unpaired) electrons. The molecular formula is C16H16N2O2. The predicted octanol–water partition coefficient (Wildman–Crippen LogP) is 3.45. The molecule has 0 saturated heterocycles. The lowest BCUT2D eigenvalue weighted by atomic mass is 10.0. The Bertz CT molecular complexity index is 654. The fourth-order valence-electron chi connectivity index (χ4n) is 2.23. The Morgan fingerprint density at radius 3 is 2.30 bits per heavy atom. The van der Waals surface area contributed by atoms with E-state index >= 15 is 0 Å². The molecule has 0 spiro atoms. The summed E-state index contributed by atoms with van der Waals surface area (Å²) >= 11 is 0. The van der Waals surface area contributed by atoms with Gasteiger partial charge in [-0.15, -0.1) is 0 Å². The average molecular weight is 268 g/mol. The van der Waals surface area contributed by atoms with Gasteiger partial charge in [0, 0.05) is 0 Å². The van der Waals surface area contributed by atoms with Crippen LogP contribution in [-0.4, -0.2) is 10.2 Å². The summed E-state index contributed by atoms with van der Waals surface area (Å²) in [5.41, 5.74) is 2.54. The second-order valence-electron chi connectivity index (χ2n) is 4.69. The van der Waals surface area contributed by atoms with Gasteiger partial charge in [0.15, 0.2) is 0 Å². The molecule has 0 saturated carbocycles. The standard InChI is InChI=1S/C16H16N2O2/c1-10-5-3-6-13(12(10)9-17)18-11(2)16-14(19)7-4-8-15(16)20/h3-8,11,18-20H,1-2H3. The summed E-state index contributed by atoms with van der Waals surface area (Å²) in [5, 5.41) is 32.1. The van der Waals surface area contributed by atoms with Crippen LogP contribution < -0.4 is 5.32 Å². The molecular weight excluding hydrogens is 252 g/mol. The summed E-state index contributed by atoms with van der Waals surface area (Å²) in [6.45, 7) is 3.68. The maximum atomic E-state index is 9.86. The minimum Gasteiger partial charge on any atom is -0.507 e. The number of nitrogens with one attached hydrogen (secondary N) is 1. The van der Waals surface area contributed by atoms with Crippen molar-refractivity contribution >= 4 is 5.69 Å². The third-order valence-corrected chi connectivity index (χ3v) is 3.25. The van der Waals surface area contributed by atoms with Gasteiger partial charge in [0.2, 0.25) is 0 Å². The number of phenolic OH excluding ortho intramolecular Hbond substituents is 2. The van der Waals surface area contributed by atoms with Gasteiger partial charge in [0.1, 0.15) is 17.6 Å². The van der Waals surface area contributed by atoms with Crippen molar-refractivity contribution in [3.8, 4) is 17.6 Å². The van der Waals surface area contributed by atoms with E-state index in [0.717, 1.165) is 5.56 Å². The molecule has 4 heteroatoms. The Kier molecular flexibility index (Phi) is 3.81. The molecule has 0 aliphatic rings. The van der Waals surface area contributed by atoms with E-state index in [0.29, 0.717) is 16.8 Å². The molecule has 0 aliphatic heterocycles. The summed E-state index contributed by atoms with van der Waals surface area (Å²) < 4.78 is 0. The molecule has 3 N–H and O–H groups in total. The molecule has 2 rings (SSSR count). The Balaban J connectivity index is 2.36. The number of anilines is 1. The number of hydrogen-bond acceptors (Lipinski definition) is 4. The van der Waals surface area contributed by atoms with Crippen molar-refractivity contribution in [3.05, 3.63) is 53.1 Å². The van der Waals surface area contributed by atoms with Crippen molar-refractivity contribution in [2.75, 3.05) is 5.32 Å². The van der Waals surface area contributed by atoms with Crippen molar-refractivity contribution in [2.24, 2.45) is 0 Å². The number of benzene rings is 2. The van der Waals surface area contributed by atoms with Crippen LogP contribution in [0.5, 0.6) is 11.5 Å². The first-order chi connectivity index (χ1) is 9.54. The molecule has 4 nitrogen and oxygen atoms in total. The van der Waals surface area contributed by atoms with Crippen LogP contribution in [0.1, 0.15) is 29.7 Å². The lowest BCUT2D eigenvalue weighted by Gasteiger charge is -2.19. The number of phenols is 2. The summed E-state index contributed by atoms with van der Waals surface area (Å²) in [5.74, 6) is 0.0484. The molecule has 0 heterocycles. The molecule has 0 aromatic heterocycles. The van der Waals surface area contributed by atoms with Gasteiger partial charge in [-0.05, 0) is 37.6 Å². The van der Waals surface area contributed by atoms with E-state index < -0.39 is 0 Å². The number of hydrogen-bond donors (Lipinski definition) is 3. The highest BCUT2D eigenvalue weighted by Gasteiger charge is 2.16. The van der Waals surface area contributed by atoms with Crippen LogP contribution >= 0.6 is 0 Å². The molecule has 1 unspecified atom stereocenters. The molecule has 2 aromatic carbocycles. The Morgan fingerprint density at radius 1 is 1.10 bits per heavy atom. The first-order valence-corrected chi connectivity index (χ1v) is 6.31. The third-order valence-electron chi connectivity index (χ3n) is 3.25. The van der Waals surface area contributed by atoms with Crippen LogP contribution in [-0.2, 0) is 0 Å². The summed E-state index contributed by atoms with van der Waals surface area (Å²) in [6.07, 6.45) is 0. The lowest BCUT2D eigenvalue weighted by molar-refractivity contribution is 0.434. The SMILES string of the molecule is Cc1cccc(NC(C)c2c(O)cccc2O)c1C#N. The monoisotopic (exact) mass is 268 g/mol. The lowest BCUT2D eigenvalue weighted by Crippen LogP contribution is -2.09. The molecule has 2 aromatic rings. The topological polar surface area (TPSA) is 76.3 Å². The second-order valence-corrected chi connectivity index (χ2v) is 4.69. The molecule has 1 atom stereocenters. The van der Waals surface area contributed by atoms with Crippen molar-refractivity contribution in [2.45, 2.75) is 19.9 Å². The van der Waals surface area contributed by atoms with Crippen molar-refractivity contribution in [1.82, 2.24) is 0 Å². The Morgan fingerprint density at radius 2 is 1.70 bits per heavy atom. The maximum absolute atomic E-state index is 9.86. The average Bonchev–Trinajstić information content (AvgIpc) is 2.38. The van der Waals surface area contributed by atoms with Crippen molar-refractivity contribution in [1.29, 1.82) is 5.26 Å². The fraction of sp³-hybridized carbons (Fsp3) is 0.188. The summed E-state index contributed by atoms with van der Waals surface area (Å²) in [4.78, 5) is 0. The Hall–Kier alpha value is -2.67. The third kappa shape index (κ3) is 2.52. The van der Waals surface area contributed by atoms with E-state index in [1.807, 2.05) is 26.0 Å². The minimum absolute atomic E-state index is 0.0242. The van der Waals surface area contributed by atoms with Crippen LogP contribution in [0.3, 0.4) is 0 Å². The normalized spacial score (nSPS) is 11.7. The highest BCUT2D eigenvalue weighted by Crippen LogP contribution is 2.34. The zero-order valence-electron chi connectivity index (χ0n) is 11.4. The molecule has 0 aliphatic carbocycles. The van der Waals surface area contributed by atoms with Gasteiger partial charge in [-0.2, -0.15) is 5.26 Å². The van der Waals surface area contributed by atoms with Gasteiger partial charge in [-0.3, -0.25) is 0 Å². The molecule has 0 bridgehead atoms. The van der Waals surface area contributed by atoms with Crippen LogP contribution in [0, 0.1) is 18.3 Å². The molecule has 0 amide bonds. The van der Waals surface area contributed by atoms with Crippen molar-refractivity contribution in [3.63, 3.8) is 0 Å². The number of nitrogens with zero attached hydrogens (tertiary/aromatic N) is 1. The number of aryl methyl sites for hydroxylation is 1. The van der Waals surface area contributed by atoms with Crippen LogP contribution in [0.25, 0.3) is 0 Å². The molecule has 20 heavy (non-hydrogen) atoms. The number of rotatable bonds is 3. The quantitative estimate of drug-likeness (QED) is 0.796. The number of nitriles is 1. The van der Waals surface area contributed by atoms with E-state index in [2.05, 4.69) is 11.4 Å². The highest BCUT2D eigenvalue weighted by molar-refractivity contribution is 5.62. The van der Waals surface area contributed by atoms with Crippen LogP contribution in [0.15, 0.2) is 36.4 Å². The van der Waals surface area contributed by atoms with E-state index in [1.165, 1.54) is 12.1 Å². The zero-order chi connectivity index (χ0) is 14.7. The first-order valence-electron chi connectivity index (χ1n) is 6.31. The van der Waals surface area contributed by atoms with E-state index in [4.69, 9.17) is 0 Å². The van der Waals surface area contributed by atoms with Gasteiger partial charge in [0.25, 0.3) is 0 Å². The fourth-order valence-corrected chi connectivity index (χ4v) is 2.23. The van der Waals surface area contributed by atoms with E-state index in [-0.39, 0.29) is 17.5 Å². The smallest absolute Gasteiger partial charge is 0.124 e. The molecule has 102 valence electrons. The second kappa shape index (κ2) is 5.54.